The van der Waals surface area contributed by atoms with E-state index in [0.717, 1.165) is 35.7 Å². The van der Waals surface area contributed by atoms with Crippen LogP contribution in [0, 0.1) is 5.92 Å². The maximum atomic E-state index is 5.33. The van der Waals surface area contributed by atoms with Crippen LogP contribution < -0.4 is 5.32 Å². The van der Waals surface area contributed by atoms with Crippen molar-refractivity contribution in [1.82, 2.24) is 15.2 Å². The Bertz CT molecular complexity index is 517. The molecule has 1 N–H and O–H groups in total. The van der Waals surface area contributed by atoms with E-state index < -0.39 is 0 Å². The van der Waals surface area contributed by atoms with Crippen molar-refractivity contribution in [1.29, 1.82) is 0 Å². The van der Waals surface area contributed by atoms with Gasteiger partial charge < -0.3 is 15.0 Å². The first-order valence-corrected chi connectivity index (χ1v) is 9.91. The highest BCUT2D eigenvalue weighted by Crippen LogP contribution is 2.25. The second-order valence-corrected chi connectivity index (χ2v) is 7.57. The van der Waals surface area contributed by atoms with E-state index in [1.165, 1.54) is 38.5 Å². The summed E-state index contributed by atoms with van der Waals surface area (Å²) in [4.78, 5) is 11.2. The van der Waals surface area contributed by atoms with Crippen LogP contribution in [0.15, 0.2) is 10.4 Å². The Kier molecular flexibility index (Phi) is 10.9. The van der Waals surface area contributed by atoms with Crippen LogP contribution in [0.1, 0.15) is 62.3 Å². The number of rotatable bonds is 7. The van der Waals surface area contributed by atoms with Gasteiger partial charge >= 0.3 is 0 Å². The van der Waals surface area contributed by atoms with Crippen molar-refractivity contribution < 1.29 is 4.74 Å². The van der Waals surface area contributed by atoms with Crippen LogP contribution in [0.4, 0.5) is 0 Å². The summed E-state index contributed by atoms with van der Waals surface area (Å²) in [5.41, 5.74) is 1.07. The number of methoxy groups -OCH3 is 1. The summed E-state index contributed by atoms with van der Waals surface area (Å²) in [6.45, 7) is 3.79. The summed E-state index contributed by atoms with van der Waals surface area (Å²) in [7, 11) is 5.63. The third-order valence-electron chi connectivity index (χ3n) is 4.80. The van der Waals surface area contributed by atoms with Crippen LogP contribution in [-0.4, -0.2) is 43.6 Å². The molecule has 1 aliphatic rings. The topological polar surface area (TPSA) is 49.8 Å². The predicted octanol–water partition coefficient (Wildman–Crippen LogP) is 4.45. The molecule has 0 radical (unpaired) electrons. The highest BCUT2D eigenvalue weighted by molar-refractivity contribution is 14.0. The van der Waals surface area contributed by atoms with Crippen LogP contribution in [0.3, 0.4) is 0 Å². The molecule has 0 spiro atoms. The molecule has 1 saturated carbocycles. The Balaban J connectivity index is 0.00000312. The maximum Gasteiger partial charge on any atom is 0.193 e. The number of nitrogens with one attached hydrogen (secondary N) is 1. The molecule has 1 heterocycles. The second kappa shape index (κ2) is 12.1. The van der Waals surface area contributed by atoms with Gasteiger partial charge in [-0.05, 0) is 19.3 Å². The number of guanidine groups is 1. The van der Waals surface area contributed by atoms with E-state index in [1.54, 1.807) is 18.4 Å². The Morgan fingerprint density at radius 2 is 2.16 bits per heavy atom. The molecule has 0 aliphatic heterocycles. The lowest BCUT2D eigenvalue weighted by molar-refractivity contribution is 0.119. The van der Waals surface area contributed by atoms with Crippen molar-refractivity contribution in [3.63, 3.8) is 0 Å². The van der Waals surface area contributed by atoms with Gasteiger partial charge in [-0.2, -0.15) is 0 Å². The number of thiazole rings is 1. The fraction of sp³-hybridized carbons (Fsp3) is 0.778. The van der Waals surface area contributed by atoms with Gasteiger partial charge in [0.15, 0.2) is 5.96 Å². The van der Waals surface area contributed by atoms with Gasteiger partial charge in [0.2, 0.25) is 0 Å². The largest absolute Gasteiger partial charge is 0.375 e. The average molecular weight is 480 g/mol. The predicted molar refractivity (Wildman–Crippen MR) is 117 cm³/mol. The van der Waals surface area contributed by atoms with E-state index in [2.05, 4.69) is 32.6 Å². The van der Waals surface area contributed by atoms with Gasteiger partial charge in [-0.25, -0.2) is 4.98 Å². The molecule has 0 amide bonds. The Hall–Kier alpha value is -0.410. The van der Waals surface area contributed by atoms with Gasteiger partial charge in [0.25, 0.3) is 0 Å². The zero-order valence-electron chi connectivity index (χ0n) is 16.0. The normalized spacial score (nSPS) is 17.0. The van der Waals surface area contributed by atoms with Gasteiger partial charge in [-0.1, -0.05) is 32.1 Å². The van der Waals surface area contributed by atoms with E-state index in [1.807, 2.05) is 14.0 Å². The molecular weight excluding hydrogens is 447 g/mol. The van der Waals surface area contributed by atoms with Crippen molar-refractivity contribution in [3.8, 4) is 0 Å². The molecule has 7 heteroatoms. The van der Waals surface area contributed by atoms with Gasteiger partial charge in [0.1, 0.15) is 11.1 Å². The summed E-state index contributed by atoms with van der Waals surface area (Å²) in [5.74, 6) is 1.84. The van der Waals surface area contributed by atoms with E-state index in [0.29, 0.717) is 0 Å². The average Bonchev–Trinajstić information content (AvgIpc) is 3.07. The number of nitrogens with zero attached hydrogens (tertiary/aromatic N) is 3. The number of aliphatic imine (C=N–C) groups is 1. The summed E-state index contributed by atoms with van der Waals surface area (Å²) in [6.07, 6.45) is 8.34. The summed E-state index contributed by atoms with van der Waals surface area (Å²) in [6, 6.07) is 0. The van der Waals surface area contributed by atoms with Gasteiger partial charge in [0, 0.05) is 33.1 Å². The number of hydrogen-bond donors (Lipinski definition) is 1. The molecule has 0 aromatic carbocycles. The lowest BCUT2D eigenvalue weighted by atomic mass is 9.87. The number of aromatic nitrogens is 1. The molecule has 1 unspecified atom stereocenters. The van der Waals surface area contributed by atoms with Crippen molar-refractivity contribution in [2.24, 2.45) is 10.9 Å². The lowest BCUT2D eigenvalue weighted by Crippen LogP contribution is -2.39. The quantitative estimate of drug-likeness (QED) is 0.356. The zero-order chi connectivity index (χ0) is 17.4. The minimum atomic E-state index is 0. The smallest absolute Gasteiger partial charge is 0.193 e. The van der Waals surface area contributed by atoms with Crippen molar-refractivity contribution in [2.45, 2.75) is 58.1 Å². The first kappa shape index (κ1) is 22.6. The molecule has 0 bridgehead atoms. The second-order valence-electron chi connectivity index (χ2n) is 6.68. The van der Waals surface area contributed by atoms with Crippen molar-refractivity contribution in [3.05, 3.63) is 16.1 Å². The molecule has 1 fully saturated rings. The van der Waals surface area contributed by atoms with Crippen molar-refractivity contribution >= 4 is 41.3 Å². The van der Waals surface area contributed by atoms with Crippen LogP contribution >= 0.6 is 35.3 Å². The highest BCUT2D eigenvalue weighted by Gasteiger charge is 2.15. The molecule has 1 aromatic rings. The van der Waals surface area contributed by atoms with E-state index >= 15 is 0 Å². The van der Waals surface area contributed by atoms with Gasteiger partial charge in [-0.15, -0.1) is 35.3 Å². The van der Waals surface area contributed by atoms with Crippen LogP contribution in [-0.2, 0) is 11.3 Å². The van der Waals surface area contributed by atoms with Crippen LogP contribution in [0.25, 0.3) is 0 Å². The first-order valence-electron chi connectivity index (χ1n) is 9.03. The van der Waals surface area contributed by atoms with Crippen LogP contribution in [0.2, 0.25) is 0 Å². The van der Waals surface area contributed by atoms with Gasteiger partial charge in [0.05, 0.1) is 12.2 Å². The SMILES string of the molecule is CN=C(NCCC1CCCCC1)N(C)Cc1csc(C(C)OC)n1.I. The molecule has 25 heavy (non-hydrogen) atoms. The molecule has 1 atom stereocenters. The molecule has 5 nitrogen and oxygen atoms in total. The van der Waals surface area contributed by atoms with Gasteiger partial charge in [-0.3, -0.25) is 4.99 Å². The van der Waals surface area contributed by atoms with Crippen LogP contribution in [0.5, 0.6) is 0 Å². The van der Waals surface area contributed by atoms with Crippen molar-refractivity contribution in [2.75, 3.05) is 27.7 Å². The Labute approximate surface area is 173 Å². The van der Waals surface area contributed by atoms with E-state index in [4.69, 9.17) is 4.74 Å². The fourth-order valence-electron chi connectivity index (χ4n) is 3.25. The lowest BCUT2D eigenvalue weighted by Gasteiger charge is -2.24. The minimum Gasteiger partial charge on any atom is -0.375 e. The fourth-order valence-corrected chi connectivity index (χ4v) is 4.09. The molecular formula is C18H33IN4OS. The highest BCUT2D eigenvalue weighted by atomic mass is 127. The minimum absolute atomic E-state index is 0. The molecule has 144 valence electrons. The van der Waals surface area contributed by atoms with E-state index in [-0.39, 0.29) is 30.1 Å². The number of halogens is 1. The summed E-state index contributed by atoms with van der Waals surface area (Å²) < 4.78 is 5.33. The number of hydrogen-bond acceptors (Lipinski definition) is 4. The summed E-state index contributed by atoms with van der Waals surface area (Å²) in [5, 5.41) is 6.64. The Morgan fingerprint density at radius 3 is 2.80 bits per heavy atom. The molecule has 0 saturated heterocycles. The Morgan fingerprint density at radius 1 is 1.44 bits per heavy atom. The first-order chi connectivity index (χ1) is 11.6. The third-order valence-corrected chi connectivity index (χ3v) is 5.86. The molecule has 2 rings (SSSR count). The monoisotopic (exact) mass is 480 g/mol. The van der Waals surface area contributed by atoms with E-state index in [9.17, 15) is 0 Å². The third kappa shape index (κ3) is 7.38. The number of ether oxygens (including phenoxy) is 1. The summed E-state index contributed by atoms with van der Waals surface area (Å²) >= 11 is 1.66. The standard InChI is InChI=1S/C18H32N4OS.HI/c1-14(23-4)17-21-16(13-24-17)12-22(3)18(19-2)20-11-10-15-8-6-5-7-9-15;/h13-15H,5-12H2,1-4H3,(H,19,20);1H. The molecule has 1 aliphatic carbocycles. The molecule has 1 aromatic heterocycles. The maximum absolute atomic E-state index is 5.33. The zero-order valence-corrected chi connectivity index (χ0v) is 19.1.